The largest absolute Gasteiger partial charge is 0.473 e. The van der Waals surface area contributed by atoms with E-state index in [1.54, 1.807) is 31.2 Å². The van der Waals surface area contributed by atoms with Gasteiger partial charge in [-0.25, -0.2) is 18.3 Å². The van der Waals surface area contributed by atoms with Gasteiger partial charge in [0.15, 0.2) is 17.3 Å². The van der Waals surface area contributed by atoms with E-state index in [0.29, 0.717) is 29.2 Å². The minimum atomic E-state index is -0.869. The Hall–Kier alpha value is -2.50. The lowest BCUT2D eigenvalue weighted by atomic mass is 9.98. The molecular weight excluding hydrogens is 336 g/mol. The van der Waals surface area contributed by atoms with E-state index in [1.807, 2.05) is 0 Å². The maximum atomic E-state index is 14.5. The lowest BCUT2D eigenvalue weighted by molar-refractivity contribution is 0.147. The summed E-state index contributed by atoms with van der Waals surface area (Å²) in [6.45, 7) is 1.79. The van der Waals surface area contributed by atoms with Crippen molar-refractivity contribution < 1.29 is 13.5 Å². The summed E-state index contributed by atoms with van der Waals surface area (Å²) in [7, 11) is 0. The van der Waals surface area contributed by atoms with Gasteiger partial charge >= 0.3 is 0 Å². The first-order valence-electron chi connectivity index (χ1n) is 9.16. The van der Waals surface area contributed by atoms with Crippen LogP contribution in [0.3, 0.4) is 0 Å². The number of nitrogens with zero attached hydrogens (tertiary/aromatic N) is 3. The molecule has 0 spiro atoms. The zero-order valence-corrected chi connectivity index (χ0v) is 14.7. The molecule has 0 aliphatic heterocycles. The van der Waals surface area contributed by atoms with Crippen molar-refractivity contribution in [3.63, 3.8) is 0 Å². The zero-order chi connectivity index (χ0) is 18.1. The van der Waals surface area contributed by atoms with E-state index in [1.165, 1.54) is 17.1 Å². The first kappa shape index (κ1) is 16.9. The van der Waals surface area contributed by atoms with Crippen LogP contribution in [0.4, 0.5) is 8.78 Å². The topological polar surface area (TPSA) is 39.4 Å². The quantitative estimate of drug-likeness (QED) is 0.663. The maximum Gasteiger partial charge on any atom is 0.232 e. The summed E-state index contributed by atoms with van der Waals surface area (Å²) in [6.07, 6.45) is 7.73. The van der Waals surface area contributed by atoms with Gasteiger partial charge in [0.2, 0.25) is 5.88 Å². The molecule has 0 atom stereocenters. The van der Waals surface area contributed by atoms with Crippen LogP contribution in [0.1, 0.15) is 44.6 Å². The summed E-state index contributed by atoms with van der Waals surface area (Å²) in [4.78, 5) is 4.25. The smallest absolute Gasteiger partial charge is 0.232 e. The Morgan fingerprint density at radius 3 is 2.65 bits per heavy atom. The van der Waals surface area contributed by atoms with Gasteiger partial charge in [-0.2, -0.15) is 0 Å². The fourth-order valence-electron chi connectivity index (χ4n) is 3.52. The number of ether oxygens (including phenoxy) is 1. The van der Waals surface area contributed by atoms with Gasteiger partial charge in [-0.15, -0.1) is 5.10 Å². The molecule has 4 nitrogen and oxygen atoms in total. The molecule has 0 radical (unpaired) electrons. The van der Waals surface area contributed by atoms with Crippen LogP contribution in [0.25, 0.3) is 16.9 Å². The molecule has 0 bridgehead atoms. The Balaban J connectivity index is 1.72. The summed E-state index contributed by atoms with van der Waals surface area (Å²) in [5.74, 6) is -1.20. The van der Waals surface area contributed by atoms with E-state index < -0.39 is 11.6 Å². The number of halogens is 2. The minimum Gasteiger partial charge on any atom is -0.473 e. The van der Waals surface area contributed by atoms with Gasteiger partial charge in [0, 0.05) is 11.6 Å². The molecule has 1 fully saturated rings. The number of imidazole rings is 1. The van der Waals surface area contributed by atoms with Crippen molar-refractivity contribution in [1.82, 2.24) is 14.6 Å². The molecule has 0 amide bonds. The Bertz CT molecular complexity index is 932. The van der Waals surface area contributed by atoms with Gasteiger partial charge in [-0.3, -0.25) is 0 Å². The van der Waals surface area contributed by atoms with E-state index >= 15 is 0 Å². The highest BCUT2D eigenvalue weighted by molar-refractivity contribution is 5.64. The number of hydrogen-bond acceptors (Lipinski definition) is 3. The zero-order valence-electron chi connectivity index (χ0n) is 14.7. The highest BCUT2D eigenvalue weighted by atomic mass is 19.2. The molecular formula is C20H21F2N3O. The second-order valence-corrected chi connectivity index (χ2v) is 6.72. The van der Waals surface area contributed by atoms with Gasteiger partial charge in [0.25, 0.3) is 0 Å². The predicted octanol–water partition coefficient (Wildman–Crippen LogP) is 4.95. The Kier molecular flexibility index (Phi) is 4.57. The highest BCUT2D eigenvalue weighted by Gasteiger charge is 2.19. The number of benzene rings is 1. The Morgan fingerprint density at radius 1 is 1.08 bits per heavy atom. The number of hydrogen-bond donors (Lipinski definition) is 0. The fourth-order valence-corrected chi connectivity index (χ4v) is 3.52. The Morgan fingerprint density at radius 2 is 1.88 bits per heavy atom. The molecule has 6 heteroatoms. The first-order chi connectivity index (χ1) is 12.7. The highest BCUT2D eigenvalue weighted by Crippen LogP contribution is 2.28. The van der Waals surface area contributed by atoms with Crippen molar-refractivity contribution in [2.45, 2.75) is 51.6 Å². The molecule has 1 aliphatic rings. The van der Waals surface area contributed by atoms with E-state index in [-0.39, 0.29) is 11.7 Å². The predicted molar refractivity (Wildman–Crippen MR) is 95.2 cm³/mol. The van der Waals surface area contributed by atoms with Crippen molar-refractivity contribution in [2.75, 3.05) is 0 Å². The maximum absolute atomic E-state index is 14.5. The summed E-state index contributed by atoms with van der Waals surface area (Å²) >= 11 is 0. The van der Waals surface area contributed by atoms with E-state index in [0.717, 1.165) is 25.7 Å². The average molecular weight is 357 g/mol. The molecule has 0 N–H and O–H groups in total. The summed E-state index contributed by atoms with van der Waals surface area (Å²) in [6, 6.07) is 6.74. The SMILES string of the molecule is CCc1ccc(-c2cnc3ccc(OC4CCCCC4)nn23)c(F)c1F. The van der Waals surface area contributed by atoms with Gasteiger partial charge in [0.05, 0.1) is 11.9 Å². The number of rotatable bonds is 4. The van der Waals surface area contributed by atoms with Crippen LogP contribution in [-0.2, 0) is 6.42 Å². The van der Waals surface area contributed by atoms with Crippen LogP contribution in [0.2, 0.25) is 0 Å². The fraction of sp³-hybridized carbons (Fsp3) is 0.400. The van der Waals surface area contributed by atoms with Gasteiger partial charge in [-0.1, -0.05) is 19.4 Å². The number of aromatic nitrogens is 3. The van der Waals surface area contributed by atoms with Crippen LogP contribution in [-0.4, -0.2) is 20.7 Å². The number of fused-ring (bicyclic) bond motifs is 1. The van der Waals surface area contributed by atoms with Gasteiger partial charge < -0.3 is 4.74 Å². The van der Waals surface area contributed by atoms with Crippen molar-refractivity contribution in [1.29, 1.82) is 0 Å². The minimum absolute atomic E-state index is 0.148. The van der Waals surface area contributed by atoms with Crippen LogP contribution in [0.15, 0.2) is 30.5 Å². The van der Waals surface area contributed by atoms with Gasteiger partial charge in [-0.05, 0) is 49.8 Å². The van der Waals surface area contributed by atoms with E-state index in [4.69, 9.17) is 4.74 Å². The lowest BCUT2D eigenvalue weighted by Crippen LogP contribution is -2.20. The molecule has 2 heterocycles. The molecule has 1 saturated carbocycles. The lowest BCUT2D eigenvalue weighted by Gasteiger charge is -2.22. The first-order valence-corrected chi connectivity index (χ1v) is 9.16. The van der Waals surface area contributed by atoms with Crippen LogP contribution in [0.5, 0.6) is 5.88 Å². The molecule has 0 unspecified atom stereocenters. The van der Waals surface area contributed by atoms with Gasteiger partial charge in [0.1, 0.15) is 6.10 Å². The molecule has 1 aliphatic carbocycles. The molecule has 3 aromatic rings. The van der Waals surface area contributed by atoms with Crippen molar-refractivity contribution in [3.8, 4) is 17.1 Å². The monoisotopic (exact) mass is 357 g/mol. The normalized spacial score (nSPS) is 15.5. The number of aryl methyl sites for hydroxylation is 1. The third-order valence-electron chi connectivity index (χ3n) is 5.00. The molecule has 136 valence electrons. The second kappa shape index (κ2) is 7.02. The second-order valence-electron chi connectivity index (χ2n) is 6.72. The third kappa shape index (κ3) is 3.04. The third-order valence-corrected chi connectivity index (χ3v) is 5.00. The molecule has 26 heavy (non-hydrogen) atoms. The molecule has 2 aromatic heterocycles. The standard InChI is InChI=1S/C20H21F2N3O/c1-2-13-8-9-15(20(22)19(13)21)16-12-23-17-10-11-18(24-25(16)17)26-14-6-4-3-5-7-14/h8-12,14H,2-7H2,1H3. The van der Waals surface area contributed by atoms with Crippen molar-refractivity contribution in [2.24, 2.45) is 0 Å². The van der Waals surface area contributed by atoms with Crippen LogP contribution < -0.4 is 4.74 Å². The van der Waals surface area contributed by atoms with Crippen LogP contribution in [0, 0.1) is 11.6 Å². The van der Waals surface area contributed by atoms with Crippen molar-refractivity contribution in [3.05, 3.63) is 47.7 Å². The average Bonchev–Trinajstić information content (AvgIpc) is 3.08. The summed E-state index contributed by atoms with van der Waals surface area (Å²) in [5, 5.41) is 4.46. The summed E-state index contributed by atoms with van der Waals surface area (Å²) in [5.41, 5.74) is 1.48. The molecule has 4 rings (SSSR count). The summed E-state index contributed by atoms with van der Waals surface area (Å²) < 4.78 is 36.2. The Labute approximate surface area is 150 Å². The van der Waals surface area contributed by atoms with Crippen LogP contribution >= 0.6 is 0 Å². The van der Waals surface area contributed by atoms with E-state index in [2.05, 4.69) is 10.1 Å². The van der Waals surface area contributed by atoms with Crippen molar-refractivity contribution >= 4 is 5.65 Å². The molecule has 0 saturated heterocycles. The molecule has 1 aromatic carbocycles. The van der Waals surface area contributed by atoms with E-state index in [9.17, 15) is 8.78 Å².